The average molecular weight is 457 g/mol. The summed E-state index contributed by atoms with van der Waals surface area (Å²) in [4.78, 5) is 22.7. The number of nitrogens with one attached hydrogen (secondary N) is 2. The van der Waals surface area contributed by atoms with E-state index in [1.54, 1.807) is 0 Å². The Morgan fingerprint density at radius 2 is 1.59 bits per heavy atom. The van der Waals surface area contributed by atoms with E-state index in [9.17, 15) is 4.79 Å². The predicted molar refractivity (Wildman–Crippen MR) is 128 cm³/mol. The number of benzene rings is 3. The first-order valence-electron chi connectivity index (χ1n) is 10.6. The monoisotopic (exact) mass is 456 g/mol. The Morgan fingerprint density at radius 3 is 2.15 bits per heavy atom. The van der Waals surface area contributed by atoms with E-state index in [0.29, 0.717) is 5.69 Å². The molecular formula is C25H24N6O3. The zero-order valence-corrected chi connectivity index (χ0v) is 18.5. The fourth-order valence-corrected chi connectivity index (χ4v) is 3.26. The van der Waals surface area contributed by atoms with E-state index in [1.807, 2.05) is 91.9 Å². The molecular weight excluding hydrogens is 432 g/mol. The number of hydrogen-bond donors (Lipinski definition) is 3. The average Bonchev–Trinajstić information content (AvgIpc) is 3.30. The van der Waals surface area contributed by atoms with Gasteiger partial charge in [0.2, 0.25) is 5.91 Å². The van der Waals surface area contributed by atoms with Crippen molar-refractivity contribution in [2.24, 2.45) is 4.99 Å². The Bertz CT molecular complexity index is 1200. The number of amides is 1. The molecule has 4 aromatic rings. The van der Waals surface area contributed by atoms with E-state index in [0.717, 1.165) is 16.7 Å². The molecule has 4 N–H and O–H groups in total. The number of nitrogen functional groups attached to an aromatic ring is 1. The van der Waals surface area contributed by atoms with Crippen LogP contribution in [0.2, 0.25) is 0 Å². The van der Waals surface area contributed by atoms with Crippen molar-refractivity contribution in [2.75, 3.05) is 12.3 Å². The highest BCUT2D eigenvalue weighted by molar-refractivity contribution is 6.01. The van der Waals surface area contributed by atoms with Gasteiger partial charge in [0.15, 0.2) is 24.0 Å². The number of amidine groups is 1. The van der Waals surface area contributed by atoms with Crippen LogP contribution in [0.3, 0.4) is 0 Å². The van der Waals surface area contributed by atoms with E-state index in [1.165, 1.54) is 0 Å². The SMILES string of the molecule is Cc1ccc(N=C(NOCC(=O)NC(c2ccccc2)c2ccccc2)c2nonc2N)cc1. The van der Waals surface area contributed by atoms with Crippen molar-refractivity contribution >= 4 is 23.2 Å². The number of aliphatic imine (C=N–C) groups is 1. The minimum Gasteiger partial charge on any atom is -0.379 e. The number of hydroxylamine groups is 1. The Labute approximate surface area is 196 Å². The molecule has 0 spiro atoms. The fourth-order valence-electron chi connectivity index (χ4n) is 3.26. The van der Waals surface area contributed by atoms with Crippen molar-refractivity contribution in [3.05, 3.63) is 107 Å². The second-order valence-corrected chi connectivity index (χ2v) is 7.51. The van der Waals surface area contributed by atoms with Crippen LogP contribution in [0.1, 0.15) is 28.4 Å². The van der Waals surface area contributed by atoms with Gasteiger partial charge in [-0.25, -0.2) is 15.1 Å². The second-order valence-electron chi connectivity index (χ2n) is 7.51. The zero-order valence-electron chi connectivity index (χ0n) is 18.5. The summed E-state index contributed by atoms with van der Waals surface area (Å²) in [6, 6.07) is 26.6. The number of carbonyl (C=O) groups excluding carboxylic acids is 1. The summed E-state index contributed by atoms with van der Waals surface area (Å²) in [5.41, 5.74) is 12.3. The molecule has 9 nitrogen and oxygen atoms in total. The molecule has 34 heavy (non-hydrogen) atoms. The number of carbonyl (C=O) groups is 1. The normalized spacial score (nSPS) is 11.4. The lowest BCUT2D eigenvalue weighted by atomic mass is 9.99. The molecule has 3 aromatic carbocycles. The molecule has 0 unspecified atom stereocenters. The van der Waals surface area contributed by atoms with E-state index >= 15 is 0 Å². The number of aromatic nitrogens is 2. The number of rotatable bonds is 8. The highest BCUT2D eigenvalue weighted by atomic mass is 16.6. The quantitative estimate of drug-likeness (QED) is 0.210. The summed E-state index contributed by atoms with van der Waals surface area (Å²) < 4.78 is 4.68. The van der Waals surface area contributed by atoms with Gasteiger partial charge >= 0.3 is 0 Å². The van der Waals surface area contributed by atoms with Gasteiger partial charge in [-0.2, -0.15) is 0 Å². The van der Waals surface area contributed by atoms with Crippen LogP contribution in [-0.4, -0.2) is 28.7 Å². The molecule has 0 radical (unpaired) electrons. The fraction of sp³-hybridized carbons (Fsp3) is 0.120. The molecule has 0 aliphatic rings. The maximum atomic E-state index is 12.7. The minimum atomic E-state index is -0.328. The van der Waals surface area contributed by atoms with Gasteiger partial charge in [0.25, 0.3) is 0 Å². The number of nitrogens with zero attached hydrogens (tertiary/aromatic N) is 3. The Morgan fingerprint density at radius 1 is 0.971 bits per heavy atom. The van der Waals surface area contributed by atoms with Crippen LogP contribution in [0.15, 0.2) is 94.6 Å². The van der Waals surface area contributed by atoms with Gasteiger partial charge in [-0.1, -0.05) is 78.4 Å². The van der Waals surface area contributed by atoms with Gasteiger partial charge < -0.3 is 11.1 Å². The van der Waals surface area contributed by atoms with Gasteiger partial charge in [0.05, 0.1) is 11.7 Å². The van der Waals surface area contributed by atoms with E-state index < -0.39 is 0 Å². The lowest BCUT2D eigenvalue weighted by Gasteiger charge is -2.20. The van der Waals surface area contributed by atoms with Crippen molar-refractivity contribution in [2.45, 2.75) is 13.0 Å². The van der Waals surface area contributed by atoms with Crippen LogP contribution in [0, 0.1) is 6.92 Å². The molecule has 1 aromatic heterocycles. The van der Waals surface area contributed by atoms with Crippen molar-refractivity contribution in [1.82, 2.24) is 21.1 Å². The number of aryl methyl sites for hydroxylation is 1. The van der Waals surface area contributed by atoms with Gasteiger partial charge in [0, 0.05) is 0 Å². The predicted octanol–water partition coefficient (Wildman–Crippen LogP) is 3.47. The summed E-state index contributed by atoms with van der Waals surface area (Å²) in [5, 5.41) is 10.4. The molecule has 0 fully saturated rings. The van der Waals surface area contributed by atoms with E-state index in [4.69, 9.17) is 10.6 Å². The molecule has 172 valence electrons. The van der Waals surface area contributed by atoms with Gasteiger partial charge in [-0.3, -0.25) is 9.63 Å². The lowest BCUT2D eigenvalue weighted by Crippen LogP contribution is -2.36. The summed E-state index contributed by atoms with van der Waals surface area (Å²) in [6.45, 7) is 1.69. The Hall–Kier alpha value is -4.50. The van der Waals surface area contributed by atoms with Crippen LogP contribution in [-0.2, 0) is 9.63 Å². The molecule has 9 heteroatoms. The van der Waals surface area contributed by atoms with Gasteiger partial charge in [-0.15, -0.1) is 0 Å². The van der Waals surface area contributed by atoms with Crippen molar-refractivity contribution in [3.63, 3.8) is 0 Å². The topological polar surface area (TPSA) is 128 Å². The standard InChI is InChI=1S/C25H24N6O3/c1-17-12-14-20(15-13-17)27-25(23-24(26)30-34-29-23)31-33-16-21(32)28-22(18-8-4-2-5-9-18)19-10-6-3-7-11-19/h2-15,22H,16H2,1H3,(H2,26,30)(H,27,31)(H,28,32). The van der Waals surface area contributed by atoms with Crippen LogP contribution in [0.4, 0.5) is 11.5 Å². The van der Waals surface area contributed by atoms with Gasteiger partial charge in [0.1, 0.15) is 0 Å². The van der Waals surface area contributed by atoms with Crippen LogP contribution < -0.4 is 16.5 Å². The molecule has 1 amide bonds. The van der Waals surface area contributed by atoms with Gasteiger partial charge in [-0.05, 0) is 40.5 Å². The van der Waals surface area contributed by atoms with Crippen LogP contribution in [0.25, 0.3) is 0 Å². The summed E-state index contributed by atoms with van der Waals surface area (Å²) in [5.74, 6) is -0.121. The molecule has 0 saturated heterocycles. The first-order chi connectivity index (χ1) is 16.6. The summed E-state index contributed by atoms with van der Waals surface area (Å²) >= 11 is 0. The number of hydrogen-bond acceptors (Lipinski definition) is 7. The number of nitrogens with two attached hydrogens (primary N) is 1. The minimum absolute atomic E-state index is 0.0413. The third-order valence-corrected chi connectivity index (χ3v) is 4.96. The molecule has 0 atom stereocenters. The molecule has 0 saturated carbocycles. The highest BCUT2D eigenvalue weighted by Gasteiger charge is 2.18. The largest absolute Gasteiger partial charge is 0.379 e. The molecule has 1 heterocycles. The van der Waals surface area contributed by atoms with Crippen molar-refractivity contribution < 1.29 is 14.3 Å². The third kappa shape index (κ3) is 5.84. The lowest BCUT2D eigenvalue weighted by molar-refractivity contribution is -0.127. The molecule has 0 aliphatic heterocycles. The van der Waals surface area contributed by atoms with Crippen LogP contribution >= 0.6 is 0 Å². The van der Waals surface area contributed by atoms with E-state index in [-0.39, 0.29) is 35.9 Å². The third-order valence-electron chi connectivity index (χ3n) is 4.96. The molecule has 0 bridgehead atoms. The summed E-state index contributed by atoms with van der Waals surface area (Å²) in [7, 11) is 0. The first kappa shape index (κ1) is 22.7. The Balaban J connectivity index is 1.45. The maximum absolute atomic E-state index is 12.7. The summed E-state index contributed by atoms with van der Waals surface area (Å²) in [6.07, 6.45) is 0. The number of anilines is 1. The maximum Gasteiger partial charge on any atom is 0.249 e. The van der Waals surface area contributed by atoms with E-state index in [2.05, 4.69) is 30.7 Å². The highest BCUT2D eigenvalue weighted by Crippen LogP contribution is 2.21. The first-order valence-corrected chi connectivity index (χ1v) is 10.6. The van der Waals surface area contributed by atoms with Crippen molar-refractivity contribution in [1.29, 1.82) is 0 Å². The molecule has 0 aliphatic carbocycles. The second kappa shape index (κ2) is 10.9. The van der Waals surface area contributed by atoms with Crippen molar-refractivity contribution in [3.8, 4) is 0 Å². The molecule has 4 rings (SSSR count). The Kier molecular flexibility index (Phi) is 7.26. The smallest absolute Gasteiger partial charge is 0.249 e. The zero-order chi connectivity index (χ0) is 23.8. The van der Waals surface area contributed by atoms with Crippen LogP contribution in [0.5, 0.6) is 0 Å².